The number of amidine groups is 1. The molecule has 2 heterocycles. The van der Waals surface area contributed by atoms with Gasteiger partial charge in [-0.3, -0.25) is 14.8 Å². The van der Waals surface area contributed by atoms with E-state index in [9.17, 15) is 18.0 Å². The van der Waals surface area contributed by atoms with E-state index in [1.165, 1.54) is 6.20 Å². The van der Waals surface area contributed by atoms with Crippen LogP contribution in [0.1, 0.15) is 41.6 Å². The second kappa shape index (κ2) is 9.38. The number of pyridine rings is 1. The summed E-state index contributed by atoms with van der Waals surface area (Å²) in [5.74, 6) is 0.168. The Bertz CT molecular complexity index is 914. The highest BCUT2D eigenvalue weighted by atomic mass is 19.4. The third-order valence-electron chi connectivity index (χ3n) is 5.04. The molecule has 30 heavy (non-hydrogen) atoms. The average Bonchev–Trinajstić information content (AvgIpc) is 3.09. The van der Waals surface area contributed by atoms with Crippen LogP contribution in [0.15, 0.2) is 47.6 Å². The van der Waals surface area contributed by atoms with Crippen molar-refractivity contribution >= 4 is 11.6 Å². The van der Waals surface area contributed by atoms with Gasteiger partial charge in [0.1, 0.15) is 17.7 Å². The summed E-state index contributed by atoms with van der Waals surface area (Å²) in [5, 5.41) is 2.40. The molecule has 1 N–H and O–H groups in total. The Morgan fingerprint density at radius 1 is 1.27 bits per heavy atom. The number of carbonyl (C=O) groups is 1. The van der Waals surface area contributed by atoms with Gasteiger partial charge in [-0.25, -0.2) is 0 Å². The van der Waals surface area contributed by atoms with E-state index >= 15 is 0 Å². The van der Waals surface area contributed by atoms with Crippen LogP contribution in [-0.2, 0) is 22.5 Å². The SMILES string of the molecule is COC[C@@H](CC(=O)Cc1cc2c(cn1)C(NC(C)C(F)(F)F)=NC2)c1ccccc1. The van der Waals surface area contributed by atoms with E-state index in [2.05, 4.69) is 15.3 Å². The van der Waals surface area contributed by atoms with E-state index in [0.717, 1.165) is 18.1 Å². The normalized spacial score (nSPS) is 15.3. The number of ether oxygens (including phenoxy) is 1. The van der Waals surface area contributed by atoms with Gasteiger partial charge in [0.15, 0.2) is 0 Å². The lowest BCUT2D eigenvalue weighted by molar-refractivity contribution is -0.147. The third kappa shape index (κ3) is 5.44. The molecule has 0 radical (unpaired) electrons. The Morgan fingerprint density at radius 3 is 2.67 bits per heavy atom. The van der Waals surface area contributed by atoms with Crippen LogP contribution in [0, 0.1) is 0 Å². The highest BCUT2D eigenvalue weighted by molar-refractivity contribution is 6.02. The minimum atomic E-state index is -4.36. The van der Waals surface area contributed by atoms with Crippen LogP contribution < -0.4 is 5.32 Å². The second-order valence-electron chi connectivity index (χ2n) is 7.39. The van der Waals surface area contributed by atoms with Crippen molar-refractivity contribution in [1.29, 1.82) is 0 Å². The van der Waals surface area contributed by atoms with Crippen molar-refractivity contribution in [1.82, 2.24) is 10.3 Å². The van der Waals surface area contributed by atoms with Gasteiger partial charge in [0.25, 0.3) is 0 Å². The lowest BCUT2D eigenvalue weighted by atomic mass is 9.93. The summed E-state index contributed by atoms with van der Waals surface area (Å²) in [4.78, 5) is 21.1. The molecule has 8 heteroatoms. The summed E-state index contributed by atoms with van der Waals surface area (Å²) in [6, 6.07) is 9.75. The number of aliphatic imine (C=N–C) groups is 1. The van der Waals surface area contributed by atoms with Gasteiger partial charge in [0.05, 0.1) is 13.2 Å². The maximum atomic E-state index is 12.8. The van der Waals surface area contributed by atoms with Crippen molar-refractivity contribution in [3.63, 3.8) is 0 Å². The average molecular weight is 419 g/mol. The fourth-order valence-electron chi connectivity index (χ4n) is 3.40. The molecule has 1 aliphatic rings. The molecule has 2 aromatic rings. The quantitative estimate of drug-likeness (QED) is 0.707. The number of Topliss-reactive ketones (excluding diaryl/α,β-unsaturated/α-hetero) is 1. The predicted molar refractivity (Wildman–Crippen MR) is 108 cm³/mol. The number of benzene rings is 1. The first-order chi connectivity index (χ1) is 14.3. The number of fused-ring (bicyclic) bond motifs is 1. The van der Waals surface area contributed by atoms with Crippen molar-refractivity contribution in [3.8, 4) is 0 Å². The van der Waals surface area contributed by atoms with Crippen molar-refractivity contribution in [2.24, 2.45) is 4.99 Å². The second-order valence-corrected chi connectivity index (χ2v) is 7.39. The minimum absolute atomic E-state index is 0.0244. The Balaban J connectivity index is 1.64. The molecule has 160 valence electrons. The smallest absolute Gasteiger partial charge is 0.384 e. The summed E-state index contributed by atoms with van der Waals surface area (Å²) in [7, 11) is 1.60. The van der Waals surface area contributed by atoms with E-state index in [-0.39, 0.29) is 30.5 Å². The predicted octanol–water partition coefficient (Wildman–Crippen LogP) is 3.81. The fraction of sp³-hybridized carbons (Fsp3) is 0.409. The molecule has 0 aliphatic carbocycles. The van der Waals surface area contributed by atoms with Gasteiger partial charge >= 0.3 is 6.18 Å². The Hall–Kier alpha value is -2.74. The minimum Gasteiger partial charge on any atom is -0.384 e. The molecule has 1 aromatic heterocycles. The molecule has 0 amide bonds. The number of alkyl halides is 3. The lowest BCUT2D eigenvalue weighted by Gasteiger charge is -2.18. The van der Waals surface area contributed by atoms with E-state index in [1.807, 2.05) is 30.3 Å². The highest BCUT2D eigenvalue weighted by Gasteiger charge is 2.37. The van der Waals surface area contributed by atoms with Gasteiger partial charge < -0.3 is 10.1 Å². The summed E-state index contributed by atoms with van der Waals surface area (Å²) in [6.45, 7) is 1.75. The molecule has 0 bridgehead atoms. The maximum absolute atomic E-state index is 12.8. The molecule has 0 saturated heterocycles. The highest BCUT2D eigenvalue weighted by Crippen LogP contribution is 2.24. The Kier molecular flexibility index (Phi) is 6.87. The molecular weight excluding hydrogens is 395 g/mol. The van der Waals surface area contributed by atoms with Crippen LogP contribution in [0.4, 0.5) is 13.2 Å². The zero-order valence-corrected chi connectivity index (χ0v) is 16.9. The van der Waals surface area contributed by atoms with Crippen molar-refractivity contribution < 1.29 is 22.7 Å². The number of ketones is 1. The van der Waals surface area contributed by atoms with Crippen LogP contribution in [0.2, 0.25) is 0 Å². The summed E-state index contributed by atoms with van der Waals surface area (Å²) < 4.78 is 43.6. The van der Waals surface area contributed by atoms with Crippen LogP contribution in [0.5, 0.6) is 0 Å². The van der Waals surface area contributed by atoms with E-state index in [4.69, 9.17) is 4.74 Å². The van der Waals surface area contributed by atoms with Gasteiger partial charge in [-0.05, 0) is 24.1 Å². The monoisotopic (exact) mass is 419 g/mol. The molecule has 2 atom stereocenters. The molecule has 0 spiro atoms. The maximum Gasteiger partial charge on any atom is 0.408 e. The van der Waals surface area contributed by atoms with Crippen LogP contribution in [0.3, 0.4) is 0 Å². The van der Waals surface area contributed by atoms with Gasteiger partial charge in [-0.15, -0.1) is 0 Å². The third-order valence-corrected chi connectivity index (χ3v) is 5.04. The fourth-order valence-corrected chi connectivity index (χ4v) is 3.40. The summed E-state index contributed by atoms with van der Waals surface area (Å²) >= 11 is 0. The zero-order valence-electron chi connectivity index (χ0n) is 16.9. The zero-order chi connectivity index (χ0) is 21.7. The summed E-state index contributed by atoms with van der Waals surface area (Å²) in [5.41, 5.74) is 2.94. The van der Waals surface area contributed by atoms with Gasteiger partial charge in [-0.2, -0.15) is 13.2 Å². The standard InChI is InChI=1S/C22H24F3N3O2/c1-14(22(23,24)25)28-21-20-12-26-18(8-16(20)11-27-21)10-19(29)9-17(13-30-2)15-6-4-3-5-7-15/h3-8,12,14,17H,9-11,13H2,1-2H3,(H,27,28)/t14?,17-/m1/s1. The van der Waals surface area contributed by atoms with Crippen LogP contribution >= 0.6 is 0 Å². The number of methoxy groups -OCH3 is 1. The number of hydrogen-bond acceptors (Lipinski definition) is 5. The first-order valence-electron chi connectivity index (χ1n) is 9.69. The number of halogens is 3. The topological polar surface area (TPSA) is 63.6 Å². The number of carbonyl (C=O) groups excluding carboxylic acids is 1. The van der Waals surface area contributed by atoms with E-state index in [1.54, 1.807) is 13.2 Å². The first-order valence-corrected chi connectivity index (χ1v) is 9.69. The van der Waals surface area contributed by atoms with E-state index < -0.39 is 12.2 Å². The number of hydrogen-bond donors (Lipinski definition) is 1. The van der Waals surface area contributed by atoms with Crippen LogP contribution in [0.25, 0.3) is 0 Å². The van der Waals surface area contributed by atoms with Crippen molar-refractivity contribution in [3.05, 3.63) is 65.0 Å². The van der Waals surface area contributed by atoms with Gasteiger partial charge in [0, 0.05) is 43.3 Å². The van der Waals surface area contributed by atoms with E-state index in [0.29, 0.717) is 24.3 Å². The molecule has 3 rings (SSSR count). The number of rotatable bonds is 8. The van der Waals surface area contributed by atoms with Crippen LogP contribution in [-0.4, -0.2) is 42.5 Å². The molecule has 1 aromatic carbocycles. The van der Waals surface area contributed by atoms with Gasteiger partial charge in [-0.1, -0.05) is 30.3 Å². The molecule has 1 aliphatic heterocycles. The molecule has 0 fully saturated rings. The number of aromatic nitrogens is 1. The molecular formula is C22H24F3N3O2. The first kappa shape index (κ1) is 22.0. The van der Waals surface area contributed by atoms with Crippen molar-refractivity contribution in [2.45, 2.75) is 44.4 Å². The number of nitrogens with one attached hydrogen (secondary N) is 1. The lowest BCUT2D eigenvalue weighted by Crippen LogP contribution is -2.43. The molecule has 0 saturated carbocycles. The largest absolute Gasteiger partial charge is 0.408 e. The molecule has 1 unspecified atom stereocenters. The Morgan fingerprint density at radius 2 is 2.00 bits per heavy atom. The van der Waals surface area contributed by atoms with Gasteiger partial charge in [0.2, 0.25) is 0 Å². The molecule has 5 nitrogen and oxygen atoms in total. The van der Waals surface area contributed by atoms with Crippen molar-refractivity contribution in [2.75, 3.05) is 13.7 Å². The Labute approximate surface area is 173 Å². The summed E-state index contributed by atoms with van der Waals surface area (Å²) in [6.07, 6.45) is -2.39. The number of nitrogens with zero attached hydrogens (tertiary/aromatic N) is 2.